The average molecular weight is 409 g/mol. The summed E-state index contributed by atoms with van der Waals surface area (Å²) in [6.45, 7) is 2.62. The van der Waals surface area contributed by atoms with E-state index in [-0.39, 0.29) is 18.6 Å². The van der Waals surface area contributed by atoms with Gasteiger partial charge in [0, 0.05) is 18.2 Å². The molecule has 1 fully saturated rings. The standard InChI is InChI=1S/C23H24N2O3S/c1-2-16-9-7-8-14-25(16)21(26)15-28-23(27)18-11-4-3-10-17(18)22-24-19-12-5-6-13-20(19)29-22/h3-6,10-13,16H,2,7-9,14-15H2,1H3. The number of hydrogen-bond acceptors (Lipinski definition) is 5. The normalized spacial score (nSPS) is 16.7. The quantitative estimate of drug-likeness (QED) is 0.563. The van der Waals surface area contributed by atoms with Crippen LogP contribution in [0.4, 0.5) is 0 Å². The minimum atomic E-state index is -0.488. The molecule has 150 valence electrons. The molecular formula is C23H24N2O3S. The average Bonchev–Trinajstić information content (AvgIpc) is 3.21. The van der Waals surface area contributed by atoms with Crippen molar-refractivity contribution in [2.24, 2.45) is 0 Å². The third-order valence-electron chi connectivity index (χ3n) is 5.42. The molecule has 1 amide bonds. The number of amides is 1. The second kappa shape index (κ2) is 8.74. The van der Waals surface area contributed by atoms with Crippen molar-refractivity contribution in [3.05, 3.63) is 54.1 Å². The third kappa shape index (κ3) is 4.17. The fourth-order valence-corrected chi connectivity index (χ4v) is 4.88. The van der Waals surface area contributed by atoms with E-state index in [1.54, 1.807) is 12.1 Å². The predicted molar refractivity (Wildman–Crippen MR) is 115 cm³/mol. The van der Waals surface area contributed by atoms with Gasteiger partial charge in [0.15, 0.2) is 6.61 Å². The Balaban J connectivity index is 1.50. The van der Waals surface area contributed by atoms with Gasteiger partial charge in [0.05, 0.1) is 15.8 Å². The zero-order valence-corrected chi connectivity index (χ0v) is 17.3. The summed E-state index contributed by atoms with van der Waals surface area (Å²) in [6, 6.07) is 15.4. The Morgan fingerprint density at radius 2 is 1.93 bits per heavy atom. The maximum absolute atomic E-state index is 12.8. The molecule has 0 aliphatic carbocycles. The zero-order valence-electron chi connectivity index (χ0n) is 16.5. The Morgan fingerprint density at radius 3 is 2.76 bits per heavy atom. The topological polar surface area (TPSA) is 59.5 Å². The van der Waals surface area contributed by atoms with E-state index in [1.807, 2.05) is 41.3 Å². The van der Waals surface area contributed by atoms with Crippen molar-refractivity contribution in [1.29, 1.82) is 0 Å². The van der Waals surface area contributed by atoms with Gasteiger partial charge in [-0.25, -0.2) is 9.78 Å². The number of carbonyl (C=O) groups is 2. The number of aromatic nitrogens is 1. The fraction of sp³-hybridized carbons (Fsp3) is 0.348. The van der Waals surface area contributed by atoms with Gasteiger partial charge >= 0.3 is 5.97 Å². The molecule has 2 heterocycles. The van der Waals surface area contributed by atoms with Crippen LogP contribution in [0.3, 0.4) is 0 Å². The maximum Gasteiger partial charge on any atom is 0.339 e. The smallest absolute Gasteiger partial charge is 0.339 e. The van der Waals surface area contributed by atoms with E-state index in [4.69, 9.17) is 4.74 Å². The number of carbonyl (C=O) groups excluding carboxylic acids is 2. The summed E-state index contributed by atoms with van der Waals surface area (Å²) in [4.78, 5) is 31.9. The van der Waals surface area contributed by atoms with Crippen LogP contribution >= 0.6 is 11.3 Å². The molecule has 6 heteroatoms. The highest BCUT2D eigenvalue weighted by atomic mass is 32.1. The van der Waals surface area contributed by atoms with Gasteiger partial charge in [0.2, 0.25) is 0 Å². The Bertz CT molecular complexity index is 997. The Labute approximate surface area is 174 Å². The number of likely N-dealkylation sites (tertiary alicyclic amines) is 1. The van der Waals surface area contributed by atoms with Crippen LogP contribution in [0.1, 0.15) is 43.0 Å². The molecule has 0 spiro atoms. The molecule has 5 nitrogen and oxygen atoms in total. The van der Waals surface area contributed by atoms with Crippen molar-refractivity contribution in [3.63, 3.8) is 0 Å². The Morgan fingerprint density at radius 1 is 1.14 bits per heavy atom. The van der Waals surface area contributed by atoms with Gasteiger partial charge in [-0.05, 0) is 43.9 Å². The lowest BCUT2D eigenvalue weighted by atomic mass is 10.00. The van der Waals surface area contributed by atoms with E-state index in [0.29, 0.717) is 5.56 Å². The monoisotopic (exact) mass is 408 g/mol. The van der Waals surface area contributed by atoms with Crippen molar-refractivity contribution < 1.29 is 14.3 Å². The van der Waals surface area contributed by atoms with Crippen LogP contribution in [0.25, 0.3) is 20.8 Å². The van der Waals surface area contributed by atoms with E-state index < -0.39 is 5.97 Å². The number of nitrogens with zero attached hydrogens (tertiary/aromatic N) is 2. The van der Waals surface area contributed by atoms with E-state index in [9.17, 15) is 9.59 Å². The van der Waals surface area contributed by atoms with Crippen molar-refractivity contribution in [3.8, 4) is 10.6 Å². The van der Waals surface area contributed by atoms with Gasteiger partial charge in [-0.2, -0.15) is 0 Å². The van der Waals surface area contributed by atoms with Crippen molar-refractivity contribution in [1.82, 2.24) is 9.88 Å². The molecule has 1 unspecified atom stereocenters. The molecule has 0 N–H and O–H groups in total. The highest BCUT2D eigenvalue weighted by Crippen LogP contribution is 2.32. The van der Waals surface area contributed by atoms with Crippen molar-refractivity contribution in [2.75, 3.05) is 13.2 Å². The second-order valence-corrected chi connectivity index (χ2v) is 8.28. The lowest BCUT2D eigenvalue weighted by Crippen LogP contribution is -2.45. The van der Waals surface area contributed by atoms with E-state index >= 15 is 0 Å². The number of thiazole rings is 1. The fourth-order valence-electron chi connectivity index (χ4n) is 3.88. The minimum Gasteiger partial charge on any atom is -0.452 e. The highest BCUT2D eigenvalue weighted by molar-refractivity contribution is 7.21. The maximum atomic E-state index is 12.8. The van der Waals surface area contributed by atoms with Gasteiger partial charge in [-0.1, -0.05) is 37.3 Å². The van der Waals surface area contributed by atoms with Gasteiger partial charge in [0.25, 0.3) is 5.91 Å². The summed E-state index contributed by atoms with van der Waals surface area (Å²) < 4.78 is 6.49. The number of rotatable bonds is 5. The molecule has 3 aromatic rings. The van der Waals surface area contributed by atoms with Gasteiger partial charge in [-0.15, -0.1) is 11.3 Å². The van der Waals surface area contributed by atoms with Crippen LogP contribution in [0, 0.1) is 0 Å². The molecule has 1 aromatic heterocycles. The number of para-hydroxylation sites is 1. The highest BCUT2D eigenvalue weighted by Gasteiger charge is 2.26. The van der Waals surface area contributed by atoms with Gasteiger partial charge < -0.3 is 9.64 Å². The third-order valence-corrected chi connectivity index (χ3v) is 6.49. The van der Waals surface area contributed by atoms with Crippen LogP contribution in [0.5, 0.6) is 0 Å². The predicted octanol–water partition coefficient (Wildman–Crippen LogP) is 4.91. The van der Waals surface area contributed by atoms with E-state index in [1.165, 1.54) is 11.3 Å². The van der Waals surface area contributed by atoms with Crippen LogP contribution in [-0.4, -0.2) is 41.0 Å². The summed E-state index contributed by atoms with van der Waals surface area (Å²) in [7, 11) is 0. The number of esters is 1. The number of ether oxygens (including phenoxy) is 1. The van der Waals surface area contributed by atoms with Crippen LogP contribution in [0.2, 0.25) is 0 Å². The van der Waals surface area contributed by atoms with E-state index in [2.05, 4.69) is 11.9 Å². The summed E-state index contributed by atoms with van der Waals surface area (Å²) in [5, 5.41) is 0.771. The molecule has 1 aliphatic rings. The largest absolute Gasteiger partial charge is 0.452 e. The van der Waals surface area contributed by atoms with Crippen LogP contribution in [-0.2, 0) is 9.53 Å². The van der Waals surface area contributed by atoms with Crippen LogP contribution < -0.4 is 0 Å². The molecular weight excluding hydrogens is 384 g/mol. The molecule has 2 aromatic carbocycles. The lowest BCUT2D eigenvalue weighted by molar-refractivity contribution is -0.138. The summed E-state index contributed by atoms with van der Waals surface area (Å²) in [5.41, 5.74) is 2.07. The molecule has 0 bridgehead atoms. The summed E-state index contributed by atoms with van der Waals surface area (Å²) in [5.74, 6) is -0.597. The summed E-state index contributed by atoms with van der Waals surface area (Å²) >= 11 is 1.54. The number of piperidine rings is 1. The first kappa shape index (κ1) is 19.6. The first-order valence-corrected chi connectivity index (χ1v) is 10.9. The van der Waals surface area contributed by atoms with Gasteiger partial charge in [0.1, 0.15) is 5.01 Å². The lowest BCUT2D eigenvalue weighted by Gasteiger charge is -2.35. The molecule has 1 aliphatic heterocycles. The SMILES string of the molecule is CCC1CCCCN1C(=O)COC(=O)c1ccccc1-c1nc2ccccc2s1. The first-order chi connectivity index (χ1) is 14.2. The summed E-state index contributed by atoms with van der Waals surface area (Å²) in [6.07, 6.45) is 4.12. The second-order valence-electron chi connectivity index (χ2n) is 7.25. The zero-order chi connectivity index (χ0) is 20.2. The van der Waals surface area contributed by atoms with Crippen molar-refractivity contribution >= 4 is 33.4 Å². The van der Waals surface area contributed by atoms with Gasteiger partial charge in [-0.3, -0.25) is 4.79 Å². The molecule has 0 radical (unpaired) electrons. The number of fused-ring (bicyclic) bond motifs is 1. The van der Waals surface area contributed by atoms with E-state index in [0.717, 1.165) is 53.0 Å². The Hall–Kier alpha value is -2.73. The molecule has 29 heavy (non-hydrogen) atoms. The molecule has 0 saturated carbocycles. The number of hydrogen-bond donors (Lipinski definition) is 0. The molecule has 1 atom stereocenters. The molecule has 4 rings (SSSR count). The van der Waals surface area contributed by atoms with Crippen molar-refractivity contribution in [2.45, 2.75) is 38.6 Å². The van der Waals surface area contributed by atoms with Crippen LogP contribution in [0.15, 0.2) is 48.5 Å². The first-order valence-electron chi connectivity index (χ1n) is 10.1. The molecule has 1 saturated heterocycles. The minimum absolute atomic E-state index is 0.109. The number of benzene rings is 2. The Kier molecular flexibility index (Phi) is 5.90.